The van der Waals surface area contributed by atoms with Gasteiger partial charge < -0.3 is 9.30 Å². The second-order valence-corrected chi connectivity index (χ2v) is 3.95. The Labute approximate surface area is 95.2 Å². The molecule has 0 spiro atoms. The van der Waals surface area contributed by atoms with E-state index in [-0.39, 0.29) is 18.2 Å². The fraction of sp³-hybridized carbons (Fsp3) is 0.500. The van der Waals surface area contributed by atoms with Gasteiger partial charge in [-0.3, -0.25) is 4.79 Å². The van der Waals surface area contributed by atoms with Gasteiger partial charge in [0.25, 0.3) is 0 Å². The first-order valence-corrected chi connectivity index (χ1v) is 5.12. The number of ketones is 1. The van der Waals surface area contributed by atoms with Gasteiger partial charge in [0, 0.05) is 24.9 Å². The lowest BCUT2D eigenvalue weighted by Gasteiger charge is -2.02. The molecule has 0 N–H and O–H groups in total. The van der Waals surface area contributed by atoms with Crippen molar-refractivity contribution in [2.45, 2.75) is 27.2 Å². The number of esters is 1. The Bertz CT molecular complexity index is 444. The lowest BCUT2D eigenvalue weighted by Crippen LogP contribution is -2.08. The van der Waals surface area contributed by atoms with Crippen LogP contribution in [-0.4, -0.2) is 23.4 Å². The SMILES string of the molecule is COC(=O)c1c(CC(C)=O)c(C)n(C)c1C. The van der Waals surface area contributed by atoms with Gasteiger partial charge in [-0.25, -0.2) is 4.79 Å². The van der Waals surface area contributed by atoms with Crippen LogP contribution in [0.1, 0.15) is 34.2 Å². The highest BCUT2D eigenvalue weighted by Crippen LogP contribution is 2.22. The molecule has 4 heteroatoms. The Morgan fingerprint density at radius 2 is 1.81 bits per heavy atom. The van der Waals surface area contributed by atoms with E-state index in [9.17, 15) is 9.59 Å². The fourth-order valence-electron chi connectivity index (χ4n) is 1.86. The molecule has 16 heavy (non-hydrogen) atoms. The molecule has 0 radical (unpaired) electrons. The third-order valence-electron chi connectivity index (χ3n) is 2.92. The van der Waals surface area contributed by atoms with Gasteiger partial charge in [-0.05, 0) is 26.3 Å². The summed E-state index contributed by atoms with van der Waals surface area (Å²) in [6.45, 7) is 5.27. The van der Waals surface area contributed by atoms with E-state index in [1.165, 1.54) is 14.0 Å². The standard InChI is InChI=1S/C12H17NO3/c1-7(14)6-10-8(2)13(4)9(3)11(10)12(15)16-5/h6H2,1-5H3. The molecule has 0 aliphatic rings. The Kier molecular flexibility index (Phi) is 3.52. The molecule has 0 bridgehead atoms. The Hall–Kier alpha value is -1.58. The molecular formula is C12H17NO3. The minimum absolute atomic E-state index is 0.0406. The van der Waals surface area contributed by atoms with Crippen LogP contribution < -0.4 is 0 Å². The first-order valence-electron chi connectivity index (χ1n) is 5.12. The normalized spacial score (nSPS) is 10.3. The topological polar surface area (TPSA) is 48.3 Å². The van der Waals surface area contributed by atoms with Crippen LogP contribution in [0.5, 0.6) is 0 Å². The molecule has 0 aromatic carbocycles. The van der Waals surface area contributed by atoms with Crippen molar-refractivity contribution in [3.8, 4) is 0 Å². The monoisotopic (exact) mass is 223 g/mol. The molecule has 1 aromatic rings. The average Bonchev–Trinajstić information content (AvgIpc) is 2.42. The van der Waals surface area contributed by atoms with Crippen molar-refractivity contribution in [1.82, 2.24) is 4.57 Å². The predicted molar refractivity (Wildman–Crippen MR) is 60.6 cm³/mol. The summed E-state index contributed by atoms with van der Waals surface area (Å²) in [4.78, 5) is 22.8. The maximum atomic E-state index is 11.7. The summed E-state index contributed by atoms with van der Waals surface area (Å²) in [5, 5.41) is 0. The number of ether oxygens (including phenoxy) is 1. The van der Waals surface area contributed by atoms with E-state index in [1.807, 2.05) is 25.5 Å². The third-order valence-corrected chi connectivity index (χ3v) is 2.92. The number of hydrogen-bond donors (Lipinski definition) is 0. The van der Waals surface area contributed by atoms with Gasteiger partial charge in [0.2, 0.25) is 0 Å². The summed E-state index contributed by atoms with van der Waals surface area (Å²) in [6, 6.07) is 0. The summed E-state index contributed by atoms with van der Waals surface area (Å²) in [7, 11) is 3.22. The van der Waals surface area contributed by atoms with E-state index < -0.39 is 0 Å². The van der Waals surface area contributed by atoms with Crippen LogP contribution in [-0.2, 0) is 23.0 Å². The molecular weight excluding hydrogens is 206 g/mol. The number of carbonyl (C=O) groups excluding carboxylic acids is 2. The molecule has 0 amide bonds. The number of aromatic nitrogens is 1. The lowest BCUT2D eigenvalue weighted by molar-refractivity contribution is -0.116. The highest BCUT2D eigenvalue weighted by Gasteiger charge is 2.22. The first-order chi connectivity index (χ1) is 7.40. The number of Topliss-reactive ketones (excluding diaryl/α,β-unsaturated/α-hetero) is 1. The Balaban J connectivity index is 3.38. The minimum atomic E-state index is -0.377. The molecule has 0 aliphatic heterocycles. The zero-order valence-corrected chi connectivity index (χ0v) is 10.4. The van der Waals surface area contributed by atoms with E-state index in [4.69, 9.17) is 4.74 Å². The van der Waals surface area contributed by atoms with Gasteiger partial charge in [0.1, 0.15) is 5.78 Å². The largest absolute Gasteiger partial charge is 0.465 e. The molecule has 0 saturated carbocycles. The van der Waals surface area contributed by atoms with Crippen molar-refractivity contribution in [2.24, 2.45) is 7.05 Å². The average molecular weight is 223 g/mol. The zero-order valence-electron chi connectivity index (χ0n) is 10.4. The second-order valence-electron chi connectivity index (χ2n) is 3.95. The fourth-order valence-corrected chi connectivity index (χ4v) is 1.86. The molecule has 88 valence electrons. The van der Waals surface area contributed by atoms with E-state index in [2.05, 4.69) is 0 Å². The molecule has 1 rings (SSSR count). The van der Waals surface area contributed by atoms with Crippen LogP contribution in [0.4, 0.5) is 0 Å². The molecule has 4 nitrogen and oxygen atoms in total. The summed E-state index contributed by atoms with van der Waals surface area (Å²) in [5.74, 6) is -0.337. The van der Waals surface area contributed by atoms with Crippen molar-refractivity contribution in [1.29, 1.82) is 0 Å². The molecule has 0 aliphatic carbocycles. The maximum absolute atomic E-state index is 11.7. The Morgan fingerprint density at radius 3 is 2.25 bits per heavy atom. The van der Waals surface area contributed by atoms with Crippen LogP contribution in [0.15, 0.2) is 0 Å². The van der Waals surface area contributed by atoms with Crippen LogP contribution in [0.2, 0.25) is 0 Å². The summed E-state index contributed by atoms with van der Waals surface area (Å²) < 4.78 is 6.65. The van der Waals surface area contributed by atoms with Gasteiger partial charge in [0.15, 0.2) is 0 Å². The smallest absolute Gasteiger partial charge is 0.339 e. The van der Waals surface area contributed by atoms with Crippen LogP contribution in [0.25, 0.3) is 0 Å². The quantitative estimate of drug-likeness (QED) is 0.731. The highest BCUT2D eigenvalue weighted by molar-refractivity contribution is 5.95. The molecule has 0 atom stereocenters. The van der Waals surface area contributed by atoms with Gasteiger partial charge in [-0.1, -0.05) is 0 Å². The van der Waals surface area contributed by atoms with Gasteiger partial charge in [0.05, 0.1) is 12.7 Å². The number of hydrogen-bond acceptors (Lipinski definition) is 3. The number of rotatable bonds is 3. The first kappa shape index (κ1) is 12.5. The van der Waals surface area contributed by atoms with Crippen LogP contribution >= 0.6 is 0 Å². The molecule has 0 saturated heterocycles. The number of methoxy groups -OCH3 is 1. The lowest BCUT2D eigenvalue weighted by atomic mass is 10.0. The summed E-state index contributed by atoms with van der Waals surface area (Å²) in [6.07, 6.45) is 0.276. The maximum Gasteiger partial charge on any atom is 0.339 e. The Morgan fingerprint density at radius 1 is 1.25 bits per heavy atom. The van der Waals surface area contributed by atoms with Gasteiger partial charge in [-0.2, -0.15) is 0 Å². The van der Waals surface area contributed by atoms with E-state index >= 15 is 0 Å². The van der Waals surface area contributed by atoms with Crippen LogP contribution in [0, 0.1) is 13.8 Å². The third kappa shape index (κ3) is 2.01. The van der Waals surface area contributed by atoms with Crippen molar-refractivity contribution < 1.29 is 14.3 Å². The number of carbonyl (C=O) groups is 2. The van der Waals surface area contributed by atoms with Crippen molar-refractivity contribution in [2.75, 3.05) is 7.11 Å². The highest BCUT2D eigenvalue weighted by atomic mass is 16.5. The van der Waals surface area contributed by atoms with Gasteiger partial charge >= 0.3 is 5.97 Å². The zero-order chi connectivity index (χ0) is 12.5. The van der Waals surface area contributed by atoms with E-state index in [0.29, 0.717) is 5.56 Å². The molecule has 1 aromatic heterocycles. The number of nitrogens with zero attached hydrogens (tertiary/aromatic N) is 1. The summed E-state index contributed by atoms with van der Waals surface area (Å²) >= 11 is 0. The summed E-state index contributed by atoms with van der Waals surface area (Å²) in [5.41, 5.74) is 3.07. The van der Waals surface area contributed by atoms with Crippen LogP contribution in [0.3, 0.4) is 0 Å². The molecule has 1 heterocycles. The molecule has 0 unspecified atom stereocenters. The predicted octanol–water partition coefficient (Wildman–Crippen LogP) is 1.56. The van der Waals surface area contributed by atoms with Crippen molar-refractivity contribution >= 4 is 11.8 Å². The van der Waals surface area contributed by atoms with Crippen molar-refractivity contribution in [3.05, 3.63) is 22.5 Å². The van der Waals surface area contributed by atoms with E-state index in [0.717, 1.165) is 17.0 Å². The second kappa shape index (κ2) is 4.51. The minimum Gasteiger partial charge on any atom is -0.465 e. The van der Waals surface area contributed by atoms with E-state index in [1.54, 1.807) is 0 Å². The van der Waals surface area contributed by atoms with Crippen molar-refractivity contribution in [3.63, 3.8) is 0 Å². The molecule has 0 fully saturated rings. The van der Waals surface area contributed by atoms with Gasteiger partial charge in [-0.15, -0.1) is 0 Å².